The SMILES string of the molecule is Cc1ccc(NC(=O)[C@H]2CC=CC[C@@H]2C(=O)O)c(F)c1. The van der Waals surface area contributed by atoms with Gasteiger partial charge in [-0.3, -0.25) is 9.59 Å². The Morgan fingerprint density at radius 3 is 2.50 bits per heavy atom. The van der Waals surface area contributed by atoms with E-state index in [9.17, 15) is 14.0 Å². The molecule has 0 unspecified atom stereocenters. The molecule has 4 nitrogen and oxygen atoms in total. The Kier molecular flexibility index (Phi) is 4.17. The zero-order valence-electron chi connectivity index (χ0n) is 11.1. The van der Waals surface area contributed by atoms with E-state index in [1.807, 2.05) is 0 Å². The van der Waals surface area contributed by atoms with Crippen molar-refractivity contribution in [3.63, 3.8) is 0 Å². The van der Waals surface area contributed by atoms with Crippen molar-refractivity contribution in [3.05, 3.63) is 41.7 Å². The van der Waals surface area contributed by atoms with Crippen LogP contribution in [0.4, 0.5) is 10.1 Å². The van der Waals surface area contributed by atoms with E-state index in [1.165, 1.54) is 12.1 Å². The molecule has 0 aliphatic heterocycles. The molecule has 0 saturated heterocycles. The standard InChI is InChI=1S/C15H16FNO3/c1-9-6-7-13(12(16)8-9)17-14(18)10-4-2-3-5-11(10)15(19)20/h2-3,6-8,10-11H,4-5H2,1H3,(H,17,18)(H,19,20)/t10-,11-/m0/s1. The Morgan fingerprint density at radius 1 is 1.25 bits per heavy atom. The van der Waals surface area contributed by atoms with Crippen molar-refractivity contribution in [2.24, 2.45) is 11.8 Å². The number of halogens is 1. The Hall–Kier alpha value is -2.17. The molecule has 1 amide bonds. The van der Waals surface area contributed by atoms with Crippen molar-refractivity contribution in [1.29, 1.82) is 0 Å². The van der Waals surface area contributed by atoms with Crippen molar-refractivity contribution in [3.8, 4) is 0 Å². The third-order valence-corrected chi connectivity index (χ3v) is 3.47. The number of carbonyl (C=O) groups excluding carboxylic acids is 1. The van der Waals surface area contributed by atoms with Crippen LogP contribution in [0.25, 0.3) is 0 Å². The van der Waals surface area contributed by atoms with Gasteiger partial charge < -0.3 is 10.4 Å². The predicted molar refractivity (Wildman–Crippen MR) is 72.8 cm³/mol. The number of benzene rings is 1. The summed E-state index contributed by atoms with van der Waals surface area (Å²) in [6.45, 7) is 1.75. The summed E-state index contributed by atoms with van der Waals surface area (Å²) in [6, 6.07) is 4.50. The maximum Gasteiger partial charge on any atom is 0.307 e. The van der Waals surface area contributed by atoms with Gasteiger partial charge in [-0.05, 0) is 37.5 Å². The van der Waals surface area contributed by atoms with Crippen LogP contribution < -0.4 is 5.32 Å². The van der Waals surface area contributed by atoms with E-state index in [4.69, 9.17) is 5.11 Å². The van der Waals surface area contributed by atoms with Gasteiger partial charge in [-0.25, -0.2) is 4.39 Å². The number of rotatable bonds is 3. The van der Waals surface area contributed by atoms with Crippen LogP contribution in [0.3, 0.4) is 0 Å². The quantitative estimate of drug-likeness (QED) is 0.835. The van der Waals surface area contributed by atoms with E-state index >= 15 is 0 Å². The number of amides is 1. The van der Waals surface area contributed by atoms with Gasteiger partial charge >= 0.3 is 5.97 Å². The molecule has 0 aromatic heterocycles. The Balaban J connectivity index is 2.14. The van der Waals surface area contributed by atoms with Gasteiger partial charge in [-0.15, -0.1) is 0 Å². The molecule has 1 aliphatic carbocycles. The molecule has 0 heterocycles. The molecule has 0 fully saturated rings. The number of hydrogen-bond acceptors (Lipinski definition) is 2. The van der Waals surface area contributed by atoms with Crippen molar-refractivity contribution in [1.82, 2.24) is 0 Å². The van der Waals surface area contributed by atoms with E-state index < -0.39 is 29.5 Å². The van der Waals surface area contributed by atoms with Crippen LogP contribution in [0.15, 0.2) is 30.4 Å². The van der Waals surface area contributed by atoms with Crippen molar-refractivity contribution in [2.75, 3.05) is 5.32 Å². The van der Waals surface area contributed by atoms with Crippen LogP contribution in [-0.2, 0) is 9.59 Å². The molecule has 2 rings (SSSR count). The fourth-order valence-electron chi connectivity index (χ4n) is 2.32. The molecule has 1 aromatic rings. The first-order chi connectivity index (χ1) is 9.49. The molecule has 1 aromatic carbocycles. The topological polar surface area (TPSA) is 66.4 Å². The number of anilines is 1. The van der Waals surface area contributed by atoms with E-state index in [2.05, 4.69) is 5.32 Å². The summed E-state index contributed by atoms with van der Waals surface area (Å²) in [5.74, 6) is -3.40. The van der Waals surface area contributed by atoms with Crippen molar-refractivity contribution in [2.45, 2.75) is 19.8 Å². The Morgan fingerprint density at radius 2 is 1.90 bits per heavy atom. The van der Waals surface area contributed by atoms with Gasteiger partial charge in [0.2, 0.25) is 5.91 Å². The van der Waals surface area contributed by atoms with Crippen LogP contribution in [0, 0.1) is 24.6 Å². The molecule has 0 saturated carbocycles. The molecule has 2 atom stereocenters. The molecule has 106 valence electrons. The maximum absolute atomic E-state index is 13.7. The highest BCUT2D eigenvalue weighted by Crippen LogP contribution is 2.27. The molecule has 1 aliphatic rings. The second-order valence-electron chi connectivity index (χ2n) is 4.97. The molecule has 5 heteroatoms. The monoisotopic (exact) mass is 277 g/mol. The number of hydrogen-bond donors (Lipinski definition) is 2. The molecule has 0 bridgehead atoms. The van der Waals surface area contributed by atoms with Crippen LogP contribution >= 0.6 is 0 Å². The lowest BCUT2D eigenvalue weighted by molar-refractivity contribution is -0.146. The average molecular weight is 277 g/mol. The highest BCUT2D eigenvalue weighted by atomic mass is 19.1. The average Bonchev–Trinajstić information content (AvgIpc) is 2.41. The van der Waals surface area contributed by atoms with Crippen LogP contribution in [0.2, 0.25) is 0 Å². The minimum Gasteiger partial charge on any atom is -0.481 e. The van der Waals surface area contributed by atoms with Gasteiger partial charge in [0.05, 0.1) is 17.5 Å². The highest BCUT2D eigenvalue weighted by molar-refractivity contribution is 5.95. The largest absolute Gasteiger partial charge is 0.481 e. The van der Waals surface area contributed by atoms with Gasteiger partial charge in [0, 0.05) is 0 Å². The lowest BCUT2D eigenvalue weighted by Crippen LogP contribution is -2.34. The fourth-order valence-corrected chi connectivity index (χ4v) is 2.32. The lowest BCUT2D eigenvalue weighted by atomic mass is 9.82. The second-order valence-corrected chi connectivity index (χ2v) is 4.97. The molecule has 20 heavy (non-hydrogen) atoms. The highest BCUT2D eigenvalue weighted by Gasteiger charge is 2.34. The second kappa shape index (κ2) is 5.86. The number of carbonyl (C=O) groups is 2. The first-order valence-corrected chi connectivity index (χ1v) is 6.44. The third-order valence-electron chi connectivity index (χ3n) is 3.47. The summed E-state index contributed by atoms with van der Waals surface area (Å²) in [4.78, 5) is 23.3. The summed E-state index contributed by atoms with van der Waals surface area (Å²) < 4.78 is 13.7. The zero-order valence-corrected chi connectivity index (χ0v) is 11.1. The van der Waals surface area contributed by atoms with Gasteiger partial charge in [0.1, 0.15) is 5.82 Å². The number of nitrogens with one attached hydrogen (secondary N) is 1. The van der Waals surface area contributed by atoms with Gasteiger partial charge in [-0.2, -0.15) is 0 Å². The van der Waals surface area contributed by atoms with Gasteiger partial charge in [0.25, 0.3) is 0 Å². The van der Waals surface area contributed by atoms with Gasteiger partial charge in [-0.1, -0.05) is 18.2 Å². The van der Waals surface area contributed by atoms with Crippen LogP contribution in [0.1, 0.15) is 18.4 Å². The maximum atomic E-state index is 13.7. The normalized spacial score (nSPS) is 21.5. The summed E-state index contributed by atoms with van der Waals surface area (Å²) in [7, 11) is 0. The first-order valence-electron chi connectivity index (χ1n) is 6.44. The predicted octanol–water partition coefficient (Wildman–Crippen LogP) is 2.74. The number of carboxylic acids is 1. The van der Waals surface area contributed by atoms with Gasteiger partial charge in [0.15, 0.2) is 0 Å². The van der Waals surface area contributed by atoms with Crippen molar-refractivity contribution >= 4 is 17.6 Å². The number of aryl methyl sites for hydroxylation is 1. The van der Waals surface area contributed by atoms with Crippen molar-refractivity contribution < 1.29 is 19.1 Å². The Labute approximate surface area is 116 Å². The van der Waals surface area contributed by atoms with Crippen LogP contribution in [0.5, 0.6) is 0 Å². The third kappa shape index (κ3) is 3.04. The lowest BCUT2D eigenvalue weighted by Gasteiger charge is -2.24. The fraction of sp³-hybridized carbons (Fsp3) is 0.333. The Bertz CT molecular complexity index is 568. The number of carboxylic acid groups (broad SMARTS) is 1. The number of aliphatic carboxylic acids is 1. The molecule has 2 N–H and O–H groups in total. The minimum atomic E-state index is -1.00. The first kappa shape index (κ1) is 14.2. The smallest absolute Gasteiger partial charge is 0.307 e. The van der Waals surface area contributed by atoms with E-state index in [0.29, 0.717) is 12.8 Å². The molecule has 0 spiro atoms. The molecular weight excluding hydrogens is 261 g/mol. The summed E-state index contributed by atoms with van der Waals surface area (Å²) in [5, 5.41) is 11.6. The van der Waals surface area contributed by atoms with E-state index in [-0.39, 0.29) is 5.69 Å². The number of allylic oxidation sites excluding steroid dienone is 2. The summed E-state index contributed by atoms with van der Waals surface area (Å²) >= 11 is 0. The van der Waals surface area contributed by atoms with Crippen LogP contribution in [-0.4, -0.2) is 17.0 Å². The summed E-state index contributed by atoms with van der Waals surface area (Å²) in [6.07, 6.45) is 4.23. The minimum absolute atomic E-state index is 0.0827. The zero-order chi connectivity index (χ0) is 14.7. The molecular formula is C15H16FNO3. The molecule has 0 radical (unpaired) electrons. The van der Waals surface area contributed by atoms with E-state index in [1.54, 1.807) is 25.1 Å². The summed E-state index contributed by atoms with van der Waals surface area (Å²) in [5.41, 5.74) is 0.837. The van der Waals surface area contributed by atoms with E-state index in [0.717, 1.165) is 5.56 Å².